The molecule has 146 valence electrons. The predicted octanol–water partition coefficient (Wildman–Crippen LogP) is 3.72. The SMILES string of the molecule is CC[C@@H](C)NC(=O)CN(c1cccc(C)c1C)S(=O)(=O)c1ccc(C)cc1. The molecule has 0 heterocycles. The van der Waals surface area contributed by atoms with Crippen LogP contribution >= 0.6 is 0 Å². The van der Waals surface area contributed by atoms with Crippen LogP contribution in [0.3, 0.4) is 0 Å². The largest absolute Gasteiger partial charge is 0.352 e. The van der Waals surface area contributed by atoms with E-state index < -0.39 is 10.0 Å². The van der Waals surface area contributed by atoms with Crippen molar-refractivity contribution >= 4 is 21.6 Å². The quantitative estimate of drug-likeness (QED) is 0.786. The van der Waals surface area contributed by atoms with Gasteiger partial charge in [-0.2, -0.15) is 0 Å². The maximum atomic E-state index is 13.3. The molecule has 0 bridgehead atoms. The number of aryl methyl sites for hydroxylation is 2. The van der Waals surface area contributed by atoms with Crippen LogP contribution in [0, 0.1) is 20.8 Å². The number of anilines is 1. The Morgan fingerprint density at radius 3 is 2.30 bits per heavy atom. The van der Waals surface area contributed by atoms with E-state index in [0.29, 0.717) is 5.69 Å². The van der Waals surface area contributed by atoms with Crippen molar-refractivity contribution in [3.63, 3.8) is 0 Å². The molecule has 6 heteroatoms. The van der Waals surface area contributed by atoms with Gasteiger partial charge < -0.3 is 5.32 Å². The molecule has 2 aromatic rings. The lowest BCUT2D eigenvalue weighted by molar-refractivity contribution is -0.120. The Balaban J connectivity index is 2.50. The van der Waals surface area contributed by atoms with Crippen molar-refractivity contribution in [2.24, 2.45) is 0 Å². The first-order chi connectivity index (χ1) is 12.7. The molecule has 0 aliphatic heterocycles. The van der Waals surface area contributed by atoms with Crippen molar-refractivity contribution in [1.29, 1.82) is 0 Å². The Kier molecular flexibility index (Phi) is 6.65. The van der Waals surface area contributed by atoms with Crippen LogP contribution in [-0.2, 0) is 14.8 Å². The highest BCUT2D eigenvalue weighted by Crippen LogP contribution is 2.28. The smallest absolute Gasteiger partial charge is 0.264 e. The first kappa shape index (κ1) is 21.0. The molecule has 0 spiro atoms. The van der Waals surface area contributed by atoms with E-state index in [1.54, 1.807) is 30.3 Å². The number of sulfonamides is 1. The van der Waals surface area contributed by atoms with E-state index in [4.69, 9.17) is 0 Å². The van der Waals surface area contributed by atoms with E-state index in [0.717, 1.165) is 23.1 Å². The monoisotopic (exact) mass is 388 g/mol. The van der Waals surface area contributed by atoms with Gasteiger partial charge in [0.15, 0.2) is 0 Å². The lowest BCUT2D eigenvalue weighted by atomic mass is 10.1. The second-order valence-corrected chi connectivity index (χ2v) is 8.78. The standard InChI is InChI=1S/C21H28N2O3S/c1-6-17(4)22-21(24)14-23(20-9-7-8-16(3)18(20)5)27(25,26)19-12-10-15(2)11-13-19/h7-13,17H,6,14H2,1-5H3,(H,22,24)/t17-/m1/s1. The number of rotatable bonds is 7. The van der Waals surface area contributed by atoms with Crippen molar-refractivity contribution in [2.45, 2.75) is 52.0 Å². The molecule has 5 nitrogen and oxygen atoms in total. The van der Waals surface area contributed by atoms with Gasteiger partial charge in [-0.25, -0.2) is 8.42 Å². The van der Waals surface area contributed by atoms with E-state index in [1.165, 1.54) is 4.31 Å². The first-order valence-electron chi connectivity index (χ1n) is 9.11. The number of nitrogens with one attached hydrogen (secondary N) is 1. The number of carbonyl (C=O) groups is 1. The van der Waals surface area contributed by atoms with Gasteiger partial charge in [-0.3, -0.25) is 9.10 Å². The fraction of sp³-hybridized carbons (Fsp3) is 0.381. The highest BCUT2D eigenvalue weighted by molar-refractivity contribution is 7.92. The van der Waals surface area contributed by atoms with E-state index in [1.807, 2.05) is 46.8 Å². The lowest BCUT2D eigenvalue weighted by Gasteiger charge is -2.27. The summed E-state index contributed by atoms with van der Waals surface area (Å²) in [6.07, 6.45) is 0.778. The molecule has 0 aliphatic rings. The Bertz CT molecular complexity index is 906. The van der Waals surface area contributed by atoms with E-state index in [9.17, 15) is 13.2 Å². The summed E-state index contributed by atoms with van der Waals surface area (Å²) in [5, 5.41) is 2.85. The molecule has 0 saturated heterocycles. The summed E-state index contributed by atoms with van der Waals surface area (Å²) in [6, 6.07) is 12.1. The number of nitrogens with zero attached hydrogens (tertiary/aromatic N) is 1. The molecule has 0 saturated carbocycles. The molecule has 2 aromatic carbocycles. The molecule has 0 unspecified atom stereocenters. The summed E-state index contributed by atoms with van der Waals surface area (Å²) >= 11 is 0. The van der Waals surface area contributed by atoms with Gasteiger partial charge in [0.1, 0.15) is 6.54 Å². The second kappa shape index (κ2) is 8.57. The van der Waals surface area contributed by atoms with Crippen molar-refractivity contribution in [1.82, 2.24) is 5.32 Å². The van der Waals surface area contributed by atoms with Crippen LogP contribution in [0.4, 0.5) is 5.69 Å². The molecular weight excluding hydrogens is 360 g/mol. The Morgan fingerprint density at radius 2 is 1.70 bits per heavy atom. The predicted molar refractivity (Wildman–Crippen MR) is 110 cm³/mol. The number of hydrogen-bond acceptors (Lipinski definition) is 3. The summed E-state index contributed by atoms with van der Waals surface area (Å²) < 4.78 is 27.9. The Hall–Kier alpha value is -2.34. The number of amides is 1. The first-order valence-corrected chi connectivity index (χ1v) is 10.6. The van der Waals surface area contributed by atoms with Gasteiger partial charge in [-0.1, -0.05) is 36.8 Å². The van der Waals surface area contributed by atoms with Crippen LogP contribution in [-0.4, -0.2) is 26.9 Å². The molecule has 1 N–H and O–H groups in total. The fourth-order valence-electron chi connectivity index (χ4n) is 2.70. The van der Waals surface area contributed by atoms with Crippen molar-refractivity contribution in [3.8, 4) is 0 Å². The number of carbonyl (C=O) groups excluding carboxylic acids is 1. The average molecular weight is 389 g/mol. The third-order valence-electron chi connectivity index (χ3n) is 4.76. The summed E-state index contributed by atoms with van der Waals surface area (Å²) in [5.41, 5.74) is 3.31. The van der Waals surface area contributed by atoms with Crippen molar-refractivity contribution < 1.29 is 13.2 Å². The summed E-state index contributed by atoms with van der Waals surface area (Å²) in [7, 11) is -3.88. The van der Waals surface area contributed by atoms with Gasteiger partial charge in [0.25, 0.3) is 10.0 Å². The fourth-order valence-corrected chi connectivity index (χ4v) is 4.17. The van der Waals surface area contributed by atoms with Crippen LogP contribution in [0.5, 0.6) is 0 Å². The molecule has 27 heavy (non-hydrogen) atoms. The second-order valence-electron chi connectivity index (χ2n) is 6.92. The summed E-state index contributed by atoms with van der Waals surface area (Å²) in [6.45, 7) is 9.30. The van der Waals surface area contributed by atoms with Gasteiger partial charge in [0, 0.05) is 6.04 Å². The zero-order valence-corrected chi connectivity index (χ0v) is 17.4. The molecule has 0 aromatic heterocycles. The van der Waals surface area contributed by atoms with E-state index in [2.05, 4.69) is 5.32 Å². The van der Waals surface area contributed by atoms with Gasteiger partial charge in [0.05, 0.1) is 10.6 Å². The maximum absolute atomic E-state index is 13.3. The zero-order valence-electron chi connectivity index (χ0n) is 16.6. The van der Waals surface area contributed by atoms with E-state index in [-0.39, 0.29) is 23.4 Å². The number of hydrogen-bond donors (Lipinski definition) is 1. The van der Waals surface area contributed by atoms with Gasteiger partial charge in [0.2, 0.25) is 5.91 Å². The molecule has 1 atom stereocenters. The van der Waals surface area contributed by atoms with Crippen LogP contribution < -0.4 is 9.62 Å². The third kappa shape index (κ3) is 4.89. The summed E-state index contributed by atoms with van der Waals surface area (Å²) in [5.74, 6) is -0.319. The van der Waals surface area contributed by atoms with Crippen molar-refractivity contribution in [2.75, 3.05) is 10.8 Å². The van der Waals surface area contributed by atoms with Crippen LogP contribution in [0.1, 0.15) is 37.0 Å². The Morgan fingerprint density at radius 1 is 1.07 bits per heavy atom. The molecule has 0 fully saturated rings. The Labute approximate surface area is 162 Å². The summed E-state index contributed by atoms with van der Waals surface area (Å²) in [4.78, 5) is 12.7. The van der Waals surface area contributed by atoms with Crippen LogP contribution in [0.2, 0.25) is 0 Å². The van der Waals surface area contributed by atoms with Gasteiger partial charge >= 0.3 is 0 Å². The van der Waals surface area contributed by atoms with Crippen LogP contribution in [0.25, 0.3) is 0 Å². The van der Waals surface area contributed by atoms with Gasteiger partial charge in [-0.15, -0.1) is 0 Å². The average Bonchev–Trinajstić information content (AvgIpc) is 2.62. The topological polar surface area (TPSA) is 66.5 Å². The minimum absolute atomic E-state index is 0.0139. The minimum atomic E-state index is -3.88. The number of benzene rings is 2. The minimum Gasteiger partial charge on any atom is -0.352 e. The van der Waals surface area contributed by atoms with Crippen LogP contribution in [0.15, 0.2) is 47.4 Å². The molecule has 1 amide bonds. The third-order valence-corrected chi connectivity index (χ3v) is 6.53. The highest BCUT2D eigenvalue weighted by atomic mass is 32.2. The maximum Gasteiger partial charge on any atom is 0.264 e. The van der Waals surface area contributed by atoms with Crippen molar-refractivity contribution in [3.05, 3.63) is 59.2 Å². The molecule has 0 aliphatic carbocycles. The lowest BCUT2D eigenvalue weighted by Crippen LogP contribution is -2.43. The molecule has 0 radical (unpaired) electrons. The normalized spacial score (nSPS) is 12.5. The highest BCUT2D eigenvalue weighted by Gasteiger charge is 2.28. The van der Waals surface area contributed by atoms with Gasteiger partial charge in [-0.05, 0) is 63.4 Å². The van der Waals surface area contributed by atoms with E-state index >= 15 is 0 Å². The molecular formula is C21H28N2O3S. The zero-order chi connectivity index (χ0) is 20.2. The molecule has 2 rings (SSSR count).